The summed E-state index contributed by atoms with van der Waals surface area (Å²) in [5, 5.41) is 10.9. The highest BCUT2D eigenvalue weighted by Crippen LogP contribution is 2.21. The van der Waals surface area contributed by atoms with Crippen LogP contribution in [0.5, 0.6) is 11.5 Å². The topological polar surface area (TPSA) is 128 Å². The van der Waals surface area contributed by atoms with Crippen LogP contribution >= 0.6 is 0 Å². The van der Waals surface area contributed by atoms with Crippen LogP contribution in [-0.4, -0.2) is 51.5 Å². The minimum atomic E-state index is -4.04. The summed E-state index contributed by atoms with van der Waals surface area (Å²) in [6, 6.07) is 17.7. The molecule has 0 spiro atoms. The Balaban J connectivity index is 1.57. The number of non-ortho nitro benzene ring substituents is 1. The van der Waals surface area contributed by atoms with Gasteiger partial charge in [-0.25, -0.2) is 8.42 Å². The van der Waals surface area contributed by atoms with Crippen molar-refractivity contribution in [1.29, 1.82) is 0 Å². The summed E-state index contributed by atoms with van der Waals surface area (Å²) in [7, 11) is -0.820. The third-order valence-electron chi connectivity index (χ3n) is 4.82. The number of carbonyl (C=O) groups is 1. The zero-order chi connectivity index (χ0) is 24.7. The summed E-state index contributed by atoms with van der Waals surface area (Å²) in [5.74, 6) is 1.11. The Kier molecular flexibility index (Phi) is 7.69. The van der Waals surface area contributed by atoms with Gasteiger partial charge < -0.3 is 14.4 Å². The van der Waals surface area contributed by atoms with Crippen molar-refractivity contribution >= 4 is 27.3 Å². The Bertz CT molecular complexity index is 1260. The minimum absolute atomic E-state index is 0.216. The standard InChI is InChI=1S/C23H23N3O7S/c1-25(14-15-33-21-12-10-20(32-2)11-13-21)23(27)17-6-8-18(9-7-17)24-34(30,31)22-5-3-4-19(16-22)26(28)29/h3-13,16,24H,14-15H2,1-2H3. The van der Waals surface area contributed by atoms with Crippen LogP contribution in [0.3, 0.4) is 0 Å². The van der Waals surface area contributed by atoms with Crippen molar-refractivity contribution < 1.29 is 27.6 Å². The molecule has 3 aromatic rings. The van der Waals surface area contributed by atoms with Crippen molar-refractivity contribution in [1.82, 2.24) is 4.90 Å². The lowest BCUT2D eigenvalue weighted by Crippen LogP contribution is -2.30. The van der Waals surface area contributed by atoms with Gasteiger partial charge >= 0.3 is 0 Å². The molecule has 0 radical (unpaired) electrons. The van der Waals surface area contributed by atoms with Gasteiger partial charge in [-0.3, -0.25) is 19.6 Å². The van der Waals surface area contributed by atoms with Gasteiger partial charge in [0, 0.05) is 30.4 Å². The summed E-state index contributed by atoms with van der Waals surface area (Å²) in [5.41, 5.74) is 0.251. The van der Waals surface area contributed by atoms with E-state index in [1.807, 2.05) is 0 Å². The number of methoxy groups -OCH3 is 1. The lowest BCUT2D eigenvalue weighted by Gasteiger charge is -2.18. The number of benzene rings is 3. The summed E-state index contributed by atoms with van der Waals surface area (Å²) in [6.45, 7) is 0.627. The van der Waals surface area contributed by atoms with Crippen molar-refractivity contribution in [3.63, 3.8) is 0 Å². The number of sulfonamides is 1. The summed E-state index contributed by atoms with van der Waals surface area (Å²) in [6.07, 6.45) is 0. The zero-order valence-corrected chi connectivity index (χ0v) is 19.3. The molecule has 11 heteroatoms. The molecule has 0 heterocycles. The molecule has 0 aromatic heterocycles. The average Bonchev–Trinajstić information content (AvgIpc) is 2.84. The number of rotatable bonds is 10. The number of carbonyl (C=O) groups excluding carboxylic acids is 1. The molecule has 0 saturated heterocycles. The van der Waals surface area contributed by atoms with Gasteiger partial charge in [-0.05, 0) is 54.6 Å². The first kappa shape index (κ1) is 24.5. The second-order valence-electron chi connectivity index (χ2n) is 7.19. The van der Waals surface area contributed by atoms with Crippen LogP contribution < -0.4 is 14.2 Å². The Hall–Kier alpha value is -4.12. The molecule has 0 atom stereocenters. The maximum Gasteiger partial charge on any atom is 0.270 e. The quantitative estimate of drug-likeness (QED) is 0.343. The van der Waals surface area contributed by atoms with Gasteiger partial charge in [0.05, 0.1) is 23.5 Å². The van der Waals surface area contributed by atoms with E-state index in [0.29, 0.717) is 17.9 Å². The second kappa shape index (κ2) is 10.7. The number of amides is 1. The Morgan fingerprint density at radius 3 is 2.29 bits per heavy atom. The van der Waals surface area contributed by atoms with Gasteiger partial charge in [0.1, 0.15) is 18.1 Å². The molecular weight excluding hydrogens is 462 g/mol. The number of nitro benzene ring substituents is 1. The molecule has 0 bridgehead atoms. The number of hydrogen-bond donors (Lipinski definition) is 1. The van der Waals surface area contributed by atoms with Crippen LogP contribution in [0, 0.1) is 10.1 Å². The number of ether oxygens (including phenoxy) is 2. The molecular formula is C23H23N3O7S. The van der Waals surface area contributed by atoms with E-state index < -0.39 is 14.9 Å². The third-order valence-corrected chi connectivity index (χ3v) is 6.20. The largest absolute Gasteiger partial charge is 0.497 e. The van der Waals surface area contributed by atoms with E-state index in [0.717, 1.165) is 11.8 Å². The van der Waals surface area contributed by atoms with Gasteiger partial charge in [0.25, 0.3) is 21.6 Å². The molecule has 1 N–H and O–H groups in total. The van der Waals surface area contributed by atoms with E-state index >= 15 is 0 Å². The SMILES string of the molecule is COc1ccc(OCCN(C)C(=O)c2ccc(NS(=O)(=O)c3cccc([N+](=O)[O-])c3)cc2)cc1. The summed E-state index contributed by atoms with van der Waals surface area (Å²) in [4.78, 5) is 24.1. The molecule has 0 aliphatic carbocycles. The first-order valence-corrected chi connectivity index (χ1v) is 11.6. The van der Waals surface area contributed by atoms with Crippen LogP contribution in [0.4, 0.5) is 11.4 Å². The van der Waals surface area contributed by atoms with E-state index in [1.165, 1.54) is 47.4 Å². The second-order valence-corrected chi connectivity index (χ2v) is 8.87. The lowest BCUT2D eigenvalue weighted by molar-refractivity contribution is -0.385. The summed E-state index contributed by atoms with van der Waals surface area (Å²) >= 11 is 0. The molecule has 10 nitrogen and oxygen atoms in total. The number of nitro groups is 1. The first-order chi connectivity index (χ1) is 16.2. The molecule has 1 amide bonds. The maximum absolute atomic E-state index is 12.6. The third kappa shape index (κ3) is 6.23. The van der Waals surface area contributed by atoms with E-state index in [9.17, 15) is 23.3 Å². The van der Waals surface area contributed by atoms with Gasteiger partial charge in [0.2, 0.25) is 0 Å². The average molecular weight is 486 g/mol. The Morgan fingerprint density at radius 1 is 1.03 bits per heavy atom. The fourth-order valence-electron chi connectivity index (χ4n) is 2.95. The molecule has 34 heavy (non-hydrogen) atoms. The van der Waals surface area contributed by atoms with Crippen LogP contribution in [0.25, 0.3) is 0 Å². The van der Waals surface area contributed by atoms with Crippen molar-refractivity contribution in [2.75, 3.05) is 32.0 Å². The normalized spacial score (nSPS) is 10.9. The smallest absolute Gasteiger partial charge is 0.270 e. The highest BCUT2D eigenvalue weighted by molar-refractivity contribution is 7.92. The van der Waals surface area contributed by atoms with Crippen molar-refractivity contribution in [2.45, 2.75) is 4.90 Å². The number of anilines is 1. The molecule has 0 aliphatic heterocycles. The van der Waals surface area contributed by atoms with Crippen LogP contribution in [-0.2, 0) is 10.0 Å². The molecule has 0 unspecified atom stereocenters. The molecule has 3 rings (SSSR count). The summed E-state index contributed by atoms with van der Waals surface area (Å²) < 4.78 is 38.2. The van der Waals surface area contributed by atoms with Crippen molar-refractivity contribution in [3.8, 4) is 11.5 Å². The number of likely N-dealkylation sites (N-methyl/N-ethyl adjacent to an activating group) is 1. The number of hydrogen-bond acceptors (Lipinski definition) is 7. The maximum atomic E-state index is 12.6. The van der Waals surface area contributed by atoms with Gasteiger partial charge in [0.15, 0.2) is 0 Å². The molecule has 178 valence electrons. The Labute approximate surface area is 196 Å². The fraction of sp³-hybridized carbons (Fsp3) is 0.174. The van der Waals surface area contributed by atoms with E-state index in [2.05, 4.69) is 4.72 Å². The molecule has 0 aliphatic rings. The van der Waals surface area contributed by atoms with E-state index in [-0.39, 0.29) is 28.8 Å². The predicted molar refractivity (Wildman–Crippen MR) is 126 cm³/mol. The van der Waals surface area contributed by atoms with Crippen LogP contribution in [0.15, 0.2) is 77.7 Å². The number of nitrogens with one attached hydrogen (secondary N) is 1. The highest BCUT2D eigenvalue weighted by Gasteiger charge is 2.18. The first-order valence-electron chi connectivity index (χ1n) is 10.1. The van der Waals surface area contributed by atoms with Crippen LogP contribution in [0.1, 0.15) is 10.4 Å². The monoisotopic (exact) mass is 485 g/mol. The zero-order valence-electron chi connectivity index (χ0n) is 18.5. The van der Waals surface area contributed by atoms with E-state index in [1.54, 1.807) is 38.4 Å². The fourth-order valence-corrected chi connectivity index (χ4v) is 4.05. The van der Waals surface area contributed by atoms with Gasteiger partial charge in [-0.2, -0.15) is 0 Å². The van der Waals surface area contributed by atoms with Crippen LogP contribution in [0.2, 0.25) is 0 Å². The Morgan fingerprint density at radius 2 is 1.68 bits per heavy atom. The molecule has 0 fully saturated rings. The molecule has 3 aromatic carbocycles. The highest BCUT2D eigenvalue weighted by atomic mass is 32.2. The number of nitrogens with zero attached hydrogens (tertiary/aromatic N) is 2. The minimum Gasteiger partial charge on any atom is -0.497 e. The van der Waals surface area contributed by atoms with E-state index in [4.69, 9.17) is 9.47 Å². The van der Waals surface area contributed by atoms with Crippen molar-refractivity contribution in [2.24, 2.45) is 0 Å². The van der Waals surface area contributed by atoms with Gasteiger partial charge in [-0.15, -0.1) is 0 Å². The predicted octanol–water partition coefficient (Wildman–Crippen LogP) is 3.56. The van der Waals surface area contributed by atoms with Gasteiger partial charge in [-0.1, -0.05) is 6.07 Å². The van der Waals surface area contributed by atoms with Crippen molar-refractivity contribution in [3.05, 3.63) is 88.5 Å². The lowest BCUT2D eigenvalue weighted by atomic mass is 10.2. The molecule has 0 saturated carbocycles.